The number of anilines is 2. The molecule has 0 radical (unpaired) electrons. The van der Waals surface area contributed by atoms with Crippen LogP contribution in [0.25, 0.3) is 22.6 Å². The first-order valence-corrected chi connectivity index (χ1v) is 11.0. The van der Waals surface area contributed by atoms with Crippen molar-refractivity contribution in [3.63, 3.8) is 0 Å². The average molecular weight is 446 g/mol. The van der Waals surface area contributed by atoms with E-state index in [4.69, 9.17) is 4.98 Å². The SMILES string of the molecule is Cc1cc(C)c(CNc2nc(-c3ccc(N4CCN(C)CC4)nc3)nc3nc[nH]c23)c(=O)[nH]1. The number of rotatable bonds is 5. The summed E-state index contributed by atoms with van der Waals surface area (Å²) >= 11 is 0. The third kappa shape index (κ3) is 4.29. The van der Waals surface area contributed by atoms with Gasteiger partial charge < -0.3 is 25.1 Å². The van der Waals surface area contributed by atoms with E-state index in [0.717, 1.165) is 48.8 Å². The lowest BCUT2D eigenvalue weighted by molar-refractivity contribution is 0.312. The van der Waals surface area contributed by atoms with Crippen LogP contribution >= 0.6 is 0 Å². The van der Waals surface area contributed by atoms with Gasteiger partial charge in [0.25, 0.3) is 5.56 Å². The zero-order valence-electron chi connectivity index (χ0n) is 19.0. The molecule has 0 atom stereocenters. The number of piperazine rings is 1. The zero-order chi connectivity index (χ0) is 22.9. The maximum absolute atomic E-state index is 12.4. The number of aromatic amines is 2. The molecule has 0 unspecified atom stereocenters. The highest BCUT2D eigenvalue weighted by atomic mass is 16.1. The molecule has 33 heavy (non-hydrogen) atoms. The van der Waals surface area contributed by atoms with Gasteiger partial charge >= 0.3 is 0 Å². The van der Waals surface area contributed by atoms with Crippen molar-refractivity contribution in [1.29, 1.82) is 0 Å². The lowest BCUT2D eigenvalue weighted by Crippen LogP contribution is -2.44. The summed E-state index contributed by atoms with van der Waals surface area (Å²) in [7, 11) is 2.14. The van der Waals surface area contributed by atoms with E-state index in [9.17, 15) is 4.79 Å². The molecule has 170 valence electrons. The van der Waals surface area contributed by atoms with Crippen LogP contribution in [0.1, 0.15) is 16.8 Å². The van der Waals surface area contributed by atoms with Crippen LogP contribution in [0.4, 0.5) is 11.6 Å². The molecule has 5 rings (SSSR count). The Morgan fingerprint density at radius 3 is 2.64 bits per heavy atom. The van der Waals surface area contributed by atoms with Gasteiger partial charge in [-0.25, -0.2) is 19.9 Å². The summed E-state index contributed by atoms with van der Waals surface area (Å²) in [5.74, 6) is 2.08. The molecule has 0 amide bonds. The molecule has 10 nitrogen and oxygen atoms in total. The summed E-state index contributed by atoms with van der Waals surface area (Å²) in [5.41, 5.74) is 4.41. The molecule has 1 aliphatic rings. The van der Waals surface area contributed by atoms with E-state index in [1.165, 1.54) is 0 Å². The number of imidazole rings is 1. The van der Waals surface area contributed by atoms with Gasteiger partial charge in [0.15, 0.2) is 17.3 Å². The minimum Gasteiger partial charge on any atom is -0.364 e. The quantitative estimate of drug-likeness (QED) is 0.427. The second kappa shape index (κ2) is 8.62. The van der Waals surface area contributed by atoms with Crippen molar-refractivity contribution >= 4 is 22.8 Å². The third-order valence-corrected chi connectivity index (χ3v) is 6.05. The molecular formula is C23H27N9O. The molecule has 10 heteroatoms. The number of nitrogens with zero attached hydrogens (tertiary/aromatic N) is 6. The fourth-order valence-corrected chi connectivity index (χ4v) is 4.10. The maximum atomic E-state index is 12.4. The molecule has 1 saturated heterocycles. The fourth-order valence-electron chi connectivity index (χ4n) is 4.10. The Kier molecular flexibility index (Phi) is 5.51. The molecule has 4 aromatic rings. The third-order valence-electron chi connectivity index (χ3n) is 6.05. The molecule has 0 aliphatic carbocycles. The Labute approximate surface area is 191 Å². The van der Waals surface area contributed by atoms with E-state index >= 15 is 0 Å². The van der Waals surface area contributed by atoms with E-state index in [1.807, 2.05) is 32.0 Å². The summed E-state index contributed by atoms with van der Waals surface area (Å²) in [6, 6.07) is 5.97. The average Bonchev–Trinajstić information content (AvgIpc) is 3.28. The largest absolute Gasteiger partial charge is 0.364 e. The van der Waals surface area contributed by atoms with Crippen LogP contribution in [-0.2, 0) is 6.54 Å². The van der Waals surface area contributed by atoms with Gasteiger partial charge in [0.05, 0.1) is 6.33 Å². The Bertz CT molecular complexity index is 1330. The van der Waals surface area contributed by atoms with Gasteiger partial charge in [0.1, 0.15) is 11.3 Å². The summed E-state index contributed by atoms with van der Waals surface area (Å²) in [4.78, 5) is 41.2. The van der Waals surface area contributed by atoms with Crippen molar-refractivity contribution in [2.24, 2.45) is 0 Å². The standard InChI is InChI=1S/C23H27N9O/c1-14-10-15(2)28-23(33)17(14)12-25-21-19-22(27-13-26-19)30-20(29-21)16-4-5-18(24-11-16)32-8-6-31(3)7-9-32/h4-5,10-11,13H,6-9,12H2,1-3H3,(H,28,33)(H2,25,26,27,29,30). The number of hydrogen-bond acceptors (Lipinski definition) is 8. The summed E-state index contributed by atoms with van der Waals surface area (Å²) in [5, 5.41) is 3.29. The monoisotopic (exact) mass is 445 g/mol. The minimum absolute atomic E-state index is 0.0983. The molecule has 1 aliphatic heterocycles. The van der Waals surface area contributed by atoms with Gasteiger partial charge in [-0.2, -0.15) is 0 Å². The fraction of sp³-hybridized carbons (Fsp3) is 0.348. The Balaban J connectivity index is 1.42. The molecular weight excluding hydrogens is 418 g/mol. The first kappa shape index (κ1) is 21.1. The van der Waals surface area contributed by atoms with Crippen molar-refractivity contribution in [2.75, 3.05) is 43.4 Å². The highest BCUT2D eigenvalue weighted by molar-refractivity contribution is 5.84. The second-order valence-electron chi connectivity index (χ2n) is 8.49. The van der Waals surface area contributed by atoms with E-state index in [1.54, 1.807) is 12.5 Å². The number of pyridine rings is 2. The summed E-state index contributed by atoms with van der Waals surface area (Å²) < 4.78 is 0. The molecule has 3 N–H and O–H groups in total. The molecule has 4 aromatic heterocycles. The van der Waals surface area contributed by atoms with Crippen LogP contribution in [0.5, 0.6) is 0 Å². The maximum Gasteiger partial charge on any atom is 0.253 e. The van der Waals surface area contributed by atoms with Crippen molar-refractivity contribution < 1.29 is 0 Å². The van der Waals surface area contributed by atoms with Crippen molar-refractivity contribution in [3.05, 3.63) is 57.9 Å². The van der Waals surface area contributed by atoms with Crippen LogP contribution < -0.4 is 15.8 Å². The normalized spacial score (nSPS) is 14.7. The topological polar surface area (TPSA) is 119 Å². The summed E-state index contributed by atoms with van der Waals surface area (Å²) in [6.45, 7) is 8.13. The lowest BCUT2D eigenvalue weighted by Gasteiger charge is -2.33. The number of fused-ring (bicyclic) bond motifs is 1. The first-order valence-electron chi connectivity index (χ1n) is 11.0. The van der Waals surface area contributed by atoms with Crippen LogP contribution in [0.2, 0.25) is 0 Å². The number of nitrogens with one attached hydrogen (secondary N) is 3. The Morgan fingerprint density at radius 1 is 1.09 bits per heavy atom. The predicted octanol–water partition coefficient (Wildman–Crippen LogP) is 2.08. The van der Waals surface area contributed by atoms with Crippen LogP contribution in [0.15, 0.2) is 35.5 Å². The van der Waals surface area contributed by atoms with E-state index in [0.29, 0.717) is 34.9 Å². The lowest BCUT2D eigenvalue weighted by atomic mass is 10.1. The van der Waals surface area contributed by atoms with E-state index < -0.39 is 0 Å². The van der Waals surface area contributed by atoms with Gasteiger partial charge in [-0.3, -0.25) is 4.79 Å². The highest BCUT2D eigenvalue weighted by Crippen LogP contribution is 2.24. The smallest absolute Gasteiger partial charge is 0.253 e. The number of aryl methyl sites for hydroxylation is 2. The van der Waals surface area contributed by atoms with Gasteiger partial charge in [-0.15, -0.1) is 0 Å². The summed E-state index contributed by atoms with van der Waals surface area (Å²) in [6.07, 6.45) is 3.40. The van der Waals surface area contributed by atoms with Crippen molar-refractivity contribution in [2.45, 2.75) is 20.4 Å². The first-order chi connectivity index (χ1) is 16.0. The van der Waals surface area contributed by atoms with Crippen LogP contribution in [-0.4, -0.2) is 68.0 Å². The van der Waals surface area contributed by atoms with E-state index in [2.05, 4.69) is 47.1 Å². The van der Waals surface area contributed by atoms with Gasteiger partial charge in [-0.1, -0.05) is 0 Å². The molecule has 0 saturated carbocycles. The van der Waals surface area contributed by atoms with Crippen molar-refractivity contribution in [3.8, 4) is 11.4 Å². The predicted molar refractivity (Wildman–Crippen MR) is 128 cm³/mol. The number of aromatic nitrogens is 6. The number of hydrogen-bond donors (Lipinski definition) is 3. The highest BCUT2D eigenvalue weighted by Gasteiger charge is 2.17. The zero-order valence-corrected chi connectivity index (χ0v) is 19.0. The van der Waals surface area contributed by atoms with Crippen molar-refractivity contribution in [1.82, 2.24) is 34.8 Å². The molecule has 0 bridgehead atoms. The second-order valence-corrected chi connectivity index (χ2v) is 8.49. The molecule has 5 heterocycles. The van der Waals surface area contributed by atoms with E-state index in [-0.39, 0.29) is 5.56 Å². The van der Waals surface area contributed by atoms with Crippen LogP contribution in [0.3, 0.4) is 0 Å². The Morgan fingerprint density at radius 2 is 1.91 bits per heavy atom. The van der Waals surface area contributed by atoms with Gasteiger partial charge in [0.2, 0.25) is 0 Å². The number of H-pyrrole nitrogens is 2. The van der Waals surface area contributed by atoms with Gasteiger partial charge in [-0.05, 0) is 44.7 Å². The Hall–Kier alpha value is -3.79. The van der Waals surface area contributed by atoms with Crippen LogP contribution in [0, 0.1) is 13.8 Å². The molecule has 1 fully saturated rings. The molecule has 0 spiro atoms. The number of likely N-dealkylation sites (N-methyl/N-ethyl adjacent to an activating group) is 1. The molecule has 0 aromatic carbocycles. The van der Waals surface area contributed by atoms with Gasteiger partial charge in [0, 0.05) is 55.7 Å². The minimum atomic E-state index is -0.0983.